The Labute approximate surface area is 123 Å². The van der Waals surface area contributed by atoms with Crippen molar-refractivity contribution < 1.29 is 9.90 Å². The number of aromatic nitrogens is 3. The van der Waals surface area contributed by atoms with Crippen molar-refractivity contribution >= 4 is 5.91 Å². The Morgan fingerprint density at radius 1 is 1.43 bits per heavy atom. The molecule has 2 unspecified atom stereocenters. The van der Waals surface area contributed by atoms with Crippen LogP contribution < -0.4 is 5.32 Å². The van der Waals surface area contributed by atoms with Crippen molar-refractivity contribution in [2.45, 2.75) is 26.4 Å². The maximum Gasteiger partial charge on any atom is 0.270 e. The maximum atomic E-state index is 12.1. The second kappa shape index (κ2) is 6.99. The van der Waals surface area contributed by atoms with Gasteiger partial charge in [0.1, 0.15) is 5.69 Å². The quantitative estimate of drug-likeness (QED) is 0.842. The summed E-state index contributed by atoms with van der Waals surface area (Å²) in [4.78, 5) is 16.3. The molecule has 2 rings (SSSR count). The molecule has 0 aromatic carbocycles. The van der Waals surface area contributed by atoms with Crippen molar-refractivity contribution in [3.63, 3.8) is 0 Å². The van der Waals surface area contributed by atoms with Crippen LogP contribution >= 0.6 is 0 Å². The van der Waals surface area contributed by atoms with E-state index in [4.69, 9.17) is 0 Å². The van der Waals surface area contributed by atoms with Crippen LogP contribution in [0.1, 0.15) is 30.8 Å². The Balaban J connectivity index is 2.01. The van der Waals surface area contributed by atoms with E-state index < -0.39 is 6.10 Å². The highest BCUT2D eigenvalue weighted by atomic mass is 16.3. The van der Waals surface area contributed by atoms with E-state index >= 15 is 0 Å². The molecule has 0 bridgehead atoms. The number of amides is 1. The van der Waals surface area contributed by atoms with E-state index in [1.807, 2.05) is 13.8 Å². The third kappa shape index (κ3) is 3.88. The molecule has 0 saturated carbocycles. The monoisotopic (exact) mass is 288 g/mol. The van der Waals surface area contributed by atoms with Gasteiger partial charge in [0, 0.05) is 18.9 Å². The Bertz CT molecular complexity index is 583. The summed E-state index contributed by atoms with van der Waals surface area (Å²) in [7, 11) is 0. The van der Waals surface area contributed by atoms with Gasteiger partial charge >= 0.3 is 0 Å². The smallest absolute Gasteiger partial charge is 0.270 e. The van der Waals surface area contributed by atoms with Crippen LogP contribution in [0.15, 0.2) is 36.7 Å². The number of carbonyl (C=O) groups is 1. The highest BCUT2D eigenvalue weighted by molar-refractivity contribution is 5.92. The number of aliphatic hydroxyl groups is 1. The van der Waals surface area contributed by atoms with Crippen LogP contribution in [0.5, 0.6) is 0 Å². The summed E-state index contributed by atoms with van der Waals surface area (Å²) in [5.41, 5.74) is 0.305. The lowest BCUT2D eigenvalue weighted by atomic mass is 10.0. The fraction of sp³-hybridized carbons (Fsp3) is 0.400. The number of aliphatic hydroxyl groups excluding tert-OH is 1. The van der Waals surface area contributed by atoms with Gasteiger partial charge in [-0.2, -0.15) is 5.10 Å². The Hall–Kier alpha value is -2.21. The van der Waals surface area contributed by atoms with Crippen molar-refractivity contribution in [3.05, 3.63) is 42.4 Å². The first-order valence-electron chi connectivity index (χ1n) is 7.05. The molecule has 2 N–H and O–H groups in total. The zero-order valence-electron chi connectivity index (χ0n) is 12.2. The van der Waals surface area contributed by atoms with Gasteiger partial charge in [-0.05, 0) is 24.1 Å². The predicted molar refractivity (Wildman–Crippen MR) is 79.2 cm³/mol. The Kier molecular flexibility index (Phi) is 5.05. The average Bonchev–Trinajstić information content (AvgIpc) is 3.06. The zero-order chi connectivity index (χ0) is 15.2. The molecular formula is C15H20N4O2. The molecule has 0 radical (unpaired) electrons. The van der Waals surface area contributed by atoms with Crippen LogP contribution in [0, 0.1) is 5.92 Å². The van der Waals surface area contributed by atoms with Gasteiger partial charge in [-0.3, -0.25) is 4.79 Å². The highest BCUT2D eigenvalue weighted by Crippen LogP contribution is 2.07. The molecule has 2 aromatic heterocycles. The van der Waals surface area contributed by atoms with Crippen LogP contribution in [0.2, 0.25) is 0 Å². The molecule has 0 saturated heterocycles. The standard InChI is InChI=1S/C15H20N4O2/c1-3-11(2)13(20)10-16-15(21)12-6-4-7-14(18-12)19-9-5-8-17-19/h4-9,11,13,20H,3,10H2,1-2H3,(H,16,21). The summed E-state index contributed by atoms with van der Waals surface area (Å²) >= 11 is 0. The van der Waals surface area contributed by atoms with Gasteiger partial charge in [-0.1, -0.05) is 26.3 Å². The second-order valence-electron chi connectivity index (χ2n) is 4.99. The van der Waals surface area contributed by atoms with Crippen molar-refractivity contribution in [1.82, 2.24) is 20.1 Å². The predicted octanol–water partition coefficient (Wildman–Crippen LogP) is 1.40. The number of nitrogens with one attached hydrogen (secondary N) is 1. The van der Waals surface area contributed by atoms with Crippen molar-refractivity contribution in [2.75, 3.05) is 6.54 Å². The Morgan fingerprint density at radius 3 is 2.90 bits per heavy atom. The third-order valence-corrected chi connectivity index (χ3v) is 3.48. The molecule has 6 heteroatoms. The van der Waals surface area contributed by atoms with Crippen molar-refractivity contribution in [3.8, 4) is 5.82 Å². The van der Waals surface area contributed by atoms with E-state index in [-0.39, 0.29) is 18.4 Å². The van der Waals surface area contributed by atoms with Crippen molar-refractivity contribution in [1.29, 1.82) is 0 Å². The molecule has 0 aliphatic carbocycles. The number of nitrogens with zero attached hydrogens (tertiary/aromatic N) is 3. The number of hydrogen-bond donors (Lipinski definition) is 2. The molecule has 0 aliphatic rings. The molecule has 2 atom stereocenters. The van der Waals surface area contributed by atoms with Crippen LogP contribution in [0.4, 0.5) is 0 Å². The van der Waals surface area contributed by atoms with E-state index in [2.05, 4.69) is 15.4 Å². The molecular weight excluding hydrogens is 268 g/mol. The molecule has 2 heterocycles. The van der Waals surface area contributed by atoms with Gasteiger partial charge in [0.25, 0.3) is 5.91 Å². The van der Waals surface area contributed by atoms with Gasteiger partial charge in [0.05, 0.1) is 6.10 Å². The number of rotatable bonds is 6. The summed E-state index contributed by atoms with van der Waals surface area (Å²) in [6.45, 7) is 4.18. The normalized spacial score (nSPS) is 13.7. The van der Waals surface area contributed by atoms with Gasteiger partial charge in [-0.25, -0.2) is 9.67 Å². The lowest BCUT2D eigenvalue weighted by Gasteiger charge is -2.17. The average molecular weight is 288 g/mol. The first-order valence-corrected chi connectivity index (χ1v) is 7.05. The number of carbonyl (C=O) groups excluding carboxylic acids is 1. The molecule has 21 heavy (non-hydrogen) atoms. The molecule has 1 amide bonds. The number of pyridine rings is 1. The first kappa shape index (κ1) is 15.2. The minimum absolute atomic E-state index is 0.147. The van der Waals surface area contributed by atoms with E-state index in [1.54, 1.807) is 41.3 Å². The van der Waals surface area contributed by atoms with Crippen LogP contribution in [-0.4, -0.2) is 38.4 Å². The van der Waals surface area contributed by atoms with Gasteiger partial charge in [0.15, 0.2) is 5.82 Å². The maximum absolute atomic E-state index is 12.1. The summed E-state index contributed by atoms with van der Waals surface area (Å²) in [6, 6.07) is 6.96. The first-order chi connectivity index (χ1) is 10.1. The zero-order valence-corrected chi connectivity index (χ0v) is 12.2. The second-order valence-corrected chi connectivity index (χ2v) is 4.99. The summed E-state index contributed by atoms with van der Waals surface area (Å²) in [5, 5.41) is 16.7. The fourth-order valence-corrected chi connectivity index (χ4v) is 1.84. The van der Waals surface area contributed by atoms with Gasteiger partial charge in [0.2, 0.25) is 0 Å². The molecule has 0 fully saturated rings. The molecule has 6 nitrogen and oxygen atoms in total. The van der Waals surface area contributed by atoms with E-state index in [0.717, 1.165) is 6.42 Å². The van der Waals surface area contributed by atoms with E-state index in [1.165, 1.54) is 0 Å². The highest BCUT2D eigenvalue weighted by Gasteiger charge is 2.15. The fourth-order valence-electron chi connectivity index (χ4n) is 1.84. The number of hydrogen-bond acceptors (Lipinski definition) is 4. The lowest BCUT2D eigenvalue weighted by Crippen LogP contribution is -2.35. The SMILES string of the molecule is CCC(C)C(O)CNC(=O)c1cccc(-n2cccn2)n1. The van der Waals surface area contributed by atoms with E-state index in [9.17, 15) is 9.90 Å². The minimum Gasteiger partial charge on any atom is -0.391 e. The van der Waals surface area contributed by atoms with Crippen LogP contribution in [0.25, 0.3) is 5.82 Å². The molecule has 2 aromatic rings. The summed E-state index contributed by atoms with van der Waals surface area (Å²) in [6.07, 6.45) is 3.73. The Morgan fingerprint density at radius 2 is 2.24 bits per heavy atom. The topological polar surface area (TPSA) is 80.0 Å². The van der Waals surface area contributed by atoms with Gasteiger partial charge in [-0.15, -0.1) is 0 Å². The lowest BCUT2D eigenvalue weighted by molar-refractivity contribution is 0.0846. The van der Waals surface area contributed by atoms with Gasteiger partial charge < -0.3 is 10.4 Å². The van der Waals surface area contributed by atoms with E-state index in [0.29, 0.717) is 11.5 Å². The molecule has 0 aliphatic heterocycles. The third-order valence-electron chi connectivity index (χ3n) is 3.48. The summed E-state index contributed by atoms with van der Waals surface area (Å²) in [5.74, 6) is 0.426. The van der Waals surface area contributed by atoms with Crippen LogP contribution in [-0.2, 0) is 0 Å². The minimum atomic E-state index is -0.548. The molecule has 112 valence electrons. The largest absolute Gasteiger partial charge is 0.391 e. The summed E-state index contributed by atoms with van der Waals surface area (Å²) < 4.78 is 1.59. The van der Waals surface area contributed by atoms with Crippen LogP contribution in [0.3, 0.4) is 0 Å². The molecule has 0 spiro atoms. The van der Waals surface area contributed by atoms with Crippen molar-refractivity contribution in [2.24, 2.45) is 5.92 Å².